The number of nitrogens with zero attached hydrogens (tertiary/aromatic N) is 9. The number of pyridine rings is 2. The van der Waals surface area contributed by atoms with Crippen LogP contribution in [0.3, 0.4) is 0 Å². The summed E-state index contributed by atoms with van der Waals surface area (Å²) in [5.74, 6) is 0.942. The number of aromatic nitrogens is 8. The highest BCUT2D eigenvalue weighted by Gasteiger charge is 2.32. The normalized spacial score (nSPS) is 20.9. The predicted octanol–water partition coefficient (Wildman–Crippen LogP) is 3.45. The molecule has 8 rings (SSSR count). The van der Waals surface area contributed by atoms with E-state index in [1.54, 1.807) is 34.0 Å². The van der Waals surface area contributed by atoms with Crippen LogP contribution in [0.4, 0.5) is 0 Å². The van der Waals surface area contributed by atoms with Gasteiger partial charge in [0, 0.05) is 49.5 Å². The fourth-order valence-electron chi connectivity index (χ4n) is 5.77. The minimum atomic E-state index is 0.432. The Labute approximate surface area is 225 Å². The van der Waals surface area contributed by atoms with Crippen molar-refractivity contribution in [2.75, 3.05) is 19.6 Å². The van der Waals surface area contributed by atoms with Gasteiger partial charge in [0.25, 0.3) is 0 Å². The van der Waals surface area contributed by atoms with Crippen LogP contribution in [0.5, 0.6) is 0 Å². The number of piperidine rings is 3. The van der Waals surface area contributed by atoms with Gasteiger partial charge in [-0.25, -0.2) is 14.3 Å². The van der Waals surface area contributed by atoms with Crippen LogP contribution in [0.2, 0.25) is 5.15 Å². The molecule has 2 bridgehead atoms. The first kappa shape index (κ1) is 23.5. The van der Waals surface area contributed by atoms with Crippen molar-refractivity contribution in [3.8, 4) is 16.9 Å². The van der Waals surface area contributed by atoms with Crippen molar-refractivity contribution in [1.29, 1.82) is 0 Å². The average Bonchev–Trinajstić information content (AvgIpc) is 3.69. The Morgan fingerprint density at radius 1 is 1.05 bits per heavy atom. The minimum absolute atomic E-state index is 0.432. The average molecular weight is 529 g/mol. The van der Waals surface area contributed by atoms with Gasteiger partial charge in [0.1, 0.15) is 11.3 Å². The lowest BCUT2D eigenvalue weighted by molar-refractivity contribution is 0.0495. The zero-order valence-corrected chi connectivity index (χ0v) is 21.7. The van der Waals surface area contributed by atoms with Crippen molar-refractivity contribution in [3.63, 3.8) is 0 Å². The molecule has 194 valence electrons. The van der Waals surface area contributed by atoms with E-state index in [1.165, 1.54) is 37.9 Å². The molecule has 10 nitrogen and oxygen atoms in total. The molecule has 1 atom stereocenters. The van der Waals surface area contributed by atoms with Gasteiger partial charge in [-0.15, -0.1) is 5.10 Å². The third kappa shape index (κ3) is 4.82. The number of rotatable bonds is 8. The Morgan fingerprint density at radius 2 is 1.97 bits per heavy atom. The molecule has 0 spiro atoms. The summed E-state index contributed by atoms with van der Waals surface area (Å²) in [6.45, 7) is 5.01. The van der Waals surface area contributed by atoms with E-state index in [1.807, 2.05) is 12.3 Å². The van der Waals surface area contributed by atoms with Crippen molar-refractivity contribution in [2.24, 2.45) is 5.92 Å². The Bertz CT molecular complexity index is 1560. The van der Waals surface area contributed by atoms with Gasteiger partial charge in [0.2, 0.25) is 0 Å². The van der Waals surface area contributed by atoms with Crippen LogP contribution >= 0.6 is 11.6 Å². The summed E-state index contributed by atoms with van der Waals surface area (Å²) < 4.78 is 5.57. The third-order valence-electron chi connectivity index (χ3n) is 7.75. The second kappa shape index (κ2) is 9.94. The van der Waals surface area contributed by atoms with Crippen LogP contribution in [0.1, 0.15) is 30.5 Å². The predicted molar refractivity (Wildman–Crippen MR) is 144 cm³/mol. The maximum Gasteiger partial charge on any atom is 0.151 e. The maximum absolute atomic E-state index is 5.96. The lowest BCUT2D eigenvalue weighted by atomic mass is 9.83. The van der Waals surface area contributed by atoms with Crippen molar-refractivity contribution in [1.82, 2.24) is 49.4 Å². The monoisotopic (exact) mass is 528 g/mol. The quantitative estimate of drug-likeness (QED) is 0.329. The number of hydrogen-bond acceptors (Lipinski definition) is 7. The molecule has 0 amide bonds. The molecule has 0 aliphatic carbocycles. The number of imidazole rings is 1. The smallest absolute Gasteiger partial charge is 0.151 e. The Hall–Kier alpha value is -3.60. The molecule has 5 aromatic heterocycles. The highest BCUT2D eigenvalue weighted by Crippen LogP contribution is 2.31. The van der Waals surface area contributed by atoms with Crippen molar-refractivity contribution in [2.45, 2.75) is 38.4 Å². The molecular weight excluding hydrogens is 500 g/mol. The van der Waals surface area contributed by atoms with E-state index < -0.39 is 0 Å². The second-order valence-electron chi connectivity index (χ2n) is 10.4. The minimum Gasteiger partial charge on any atom is -0.311 e. The van der Waals surface area contributed by atoms with Crippen LogP contribution < -0.4 is 5.32 Å². The molecule has 5 aromatic rings. The summed E-state index contributed by atoms with van der Waals surface area (Å²) in [7, 11) is 0. The molecule has 3 saturated heterocycles. The van der Waals surface area contributed by atoms with Crippen LogP contribution in [0.25, 0.3) is 22.6 Å². The highest BCUT2D eigenvalue weighted by molar-refractivity contribution is 6.29. The molecule has 1 unspecified atom stereocenters. The van der Waals surface area contributed by atoms with E-state index >= 15 is 0 Å². The van der Waals surface area contributed by atoms with Gasteiger partial charge < -0.3 is 9.72 Å². The van der Waals surface area contributed by atoms with Crippen molar-refractivity contribution >= 4 is 17.2 Å². The maximum atomic E-state index is 5.96. The summed E-state index contributed by atoms with van der Waals surface area (Å²) in [6.07, 6.45) is 15.5. The number of hydrogen-bond donors (Lipinski definition) is 1. The summed E-state index contributed by atoms with van der Waals surface area (Å²) in [5.41, 5.74) is 5.50. The zero-order chi connectivity index (χ0) is 25.5. The SMILES string of the molecule is Clc1ccn(-c2cncc(-c3cn(Cc4cn5cc(CNCC6CC7CCN6CC7)ccc5n4)nn3)c2)n1. The molecule has 38 heavy (non-hydrogen) atoms. The molecule has 1 N–H and O–H groups in total. The lowest BCUT2D eigenvalue weighted by Crippen LogP contribution is -2.52. The van der Waals surface area contributed by atoms with E-state index in [-0.39, 0.29) is 0 Å². The Morgan fingerprint density at radius 3 is 2.79 bits per heavy atom. The molecule has 0 radical (unpaired) electrons. The van der Waals surface area contributed by atoms with E-state index in [0.717, 1.165) is 47.3 Å². The molecule has 11 heteroatoms. The number of halogens is 1. The zero-order valence-electron chi connectivity index (χ0n) is 21.0. The molecule has 3 aliphatic heterocycles. The second-order valence-corrected chi connectivity index (χ2v) is 10.7. The summed E-state index contributed by atoms with van der Waals surface area (Å²) in [4.78, 5) is 11.8. The van der Waals surface area contributed by atoms with E-state index in [4.69, 9.17) is 16.6 Å². The summed E-state index contributed by atoms with van der Waals surface area (Å²) in [6, 6.07) is 8.63. The van der Waals surface area contributed by atoms with Gasteiger partial charge in [0.15, 0.2) is 5.15 Å². The summed E-state index contributed by atoms with van der Waals surface area (Å²) >= 11 is 5.96. The molecule has 3 aliphatic rings. The third-order valence-corrected chi connectivity index (χ3v) is 7.95. The molecule has 3 fully saturated rings. The van der Waals surface area contributed by atoms with Crippen LogP contribution in [-0.2, 0) is 13.1 Å². The molecule has 0 saturated carbocycles. The standard InChI is InChI=1S/C27H29ClN10/c28-26-5-8-38(33-26)24-10-21(12-30-14-24)25-18-37(34-32-25)17-22-16-36-15-20(1-2-27(36)31-22)11-29-13-23-9-19-3-6-35(23)7-4-19/h1-2,5,8,10,12,14-16,18-19,23,29H,3-4,6-7,9,11,13,17H2. The first-order valence-electron chi connectivity index (χ1n) is 13.1. The Balaban J connectivity index is 1.00. The van der Waals surface area contributed by atoms with Gasteiger partial charge in [0.05, 0.1) is 30.3 Å². The fraction of sp³-hybridized carbons (Fsp3) is 0.370. The first-order valence-corrected chi connectivity index (χ1v) is 13.5. The fourth-order valence-corrected chi connectivity index (χ4v) is 5.90. The van der Waals surface area contributed by atoms with Crippen LogP contribution in [0.15, 0.2) is 61.4 Å². The van der Waals surface area contributed by atoms with Gasteiger partial charge >= 0.3 is 0 Å². The van der Waals surface area contributed by atoms with Crippen molar-refractivity contribution in [3.05, 3.63) is 77.9 Å². The van der Waals surface area contributed by atoms with Crippen LogP contribution in [0, 0.1) is 5.92 Å². The van der Waals surface area contributed by atoms with Gasteiger partial charge in [-0.05, 0) is 62.0 Å². The van der Waals surface area contributed by atoms with Gasteiger partial charge in [-0.2, -0.15) is 5.10 Å². The Kier molecular flexibility index (Phi) is 6.15. The topological polar surface area (TPSA) is 94.0 Å². The molecule has 8 heterocycles. The first-order chi connectivity index (χ1) is 18.7. The number of fused-ring (bicyclic) bond motifs is 4. The highest BCUT2D eigenvalue weighted by atomic mass is 35.5. The lowest BCUT2D eigenvalue weighted by Gasteiger charge is -2.45. The van der Waals surface area contributed by atoms with E-state index in [9.17, 15) is 0 Å². The molecular formula is C27H29ClN10. The van der Waals surface area contributed by atoms with Gasteiger partial charge in [-0.1, -0.05) is 22.9 Å². The number of nitrogens with one attached hydrogen (secondary N) is 1. The van der Waals surface area contributed by atoms with Crippen LogP contribution in [-0.4, -0.2) is 69.7 Å². The van der Waals surface area contributed by atoms with Gasteiger partial charge in [-0.3, -0.25) is 9.88 Å². The largest absolute Gasteiger partial charge is 0.311 e. The van der Waals surface area contributed by atoms with Crippen molar-refractivity contribution < 1.29 is 0 Å². The van der Waals surface area contributed by atoms with E-state index in [0.29, 0.717) is 17.7 Å². The summed E-state index contributed by atoms with van der Waals surface area (Å²) in [5, 5.41) is 17.0. The molecule has 0 aromatic carbocycles. The van der Waals surface area contributed by atoms with E-state index in [2.05, 4.69) is 59.5 Å².